The van der Waals surface area contributed by atoms with Crippen molar-refractivity contribution < 1.29 is 17.9 Å². The van der Waals surface area contributed by atoms with E-state index in [-0.39, 0.29) is 24.1 Å². The van der Waals surface area contributed by atoms with Crippen molar-refractivity contribution in [2.75, 3.05) is 13.2 Å². The summed E-state index contributed by atoms with van der Waals surface area (Å²) in [5.74, 6) is -0.930. The molecular formula is C11H15ClFNO3S. The first-order chi connectivity index (χ1) is 8.38. The minimum Gasteiger partial charge on any atom is -0.396 e. The highest BCUT2D eigenvalue weighted by Crippen LogP contribution is 2.23. The van der Waals surface area contributed by atoms with Gasteiger partial charge in [0, 0.05) is 13.2 Å². The van der Waals surface area contributed by atoms with Crippen molar-refractivity contribution in [3.05, 3.63) is 29.0 Å². The topological polar surface area (TPSA) is 66.4 Å². The third kappa shape index (κ3) is 3.91. The molecule has 0 aliphatic heterocycles. The highest BCUT2D eigenvalue weighted by molar-refractivity contribution is 7.89. The first kappa shape index (κ1) is 15.4. The van der Waals surface area contributed by atoms with Crippen LogP contribution in [0.15, 0.2) is 23.1 Å². The molecular weight excluding hydrogens is 281 g/mol. The summed E-state index contributed by atoms with van der Waals surface area (Å²) in [4.78, 5) is -0.539. The van der Waals surface area contributed by atoms with Crippen molar-refractivity contribution in [1.29, 1.82) is 0 Å². The summed E-state index contributed by atoms with van der Waals surface area (Å²) >= 11 is 5.69. The largest absolute Gasteiger partial charge is 0.396 e. The van der Waals surface area contributed by atoms with E-state index in [1.807, 2.05) is 0 Å². The molecule has 0 radical (unpaired) electrons. The van der Waals surface area contributed by atoms with Gasteiger partial charge in [-0.2, -0.15) is 0 Å². The number of rotatable bonds is 6. The van der Waals surface area contributed by atoms with Gasteiger partial charge in [-0.15, -0.1) is 0 Å². The molecule has 0 unspecified atom stereocenters. The molecule has 7 heteroatoms. The summed E-state index contributed by atoms with van der Waals surface area (Å²) in [6.07, 6.45) is 0.466. The number of aliphatic hydroxyl groups is 1. The Labute approximate surface area is 111 Å². The Hall–Kier alpha value is -0.690. The predicted molar refractivity (Wildman–Crippen MR) is 67.5 cm³/mol. The molecule has 0 amide bonds. The molecule has 1 atom stereocenters. The zero-order valence-corrected chi connectivity index (χ0v) is 11.4. The van der Waals surface area contributed by atoms with Crippen molar-refractivity contribution in [3.8, 4) is 0 Å². The number of hydrogen-bond donors (Lipinski definition) is 2. The SMILES string of the molecule is C[C@@H](CCO)CNS(=O)(=O)c1c(F)cccc1Cl. The van der Waals surface area contributed by atoms with Gasteiger partial charge in [0.25, 0.3) is 0 Å². The Morgan fingerprint density at radius 1 is 1.50 bits per heavy atom. The van der Waals surface area contributed by atoms with E-state index in [9.17, 15) is 12.8 Å². The standard InChI is InChI=1S/C11H15ClFNO3S/c1-8(5-6-15)7-14-18(16,17)11-9(12)3-2-4-10(11)13/h2-4,8,14-15H,5-7H2,1H3/t8-/m0/s1. The Morgan fingerprint density at radius 2 is 2.17 bits per heavy atom. The third-order valence-corrected chi connectivity index (χ3v) is 4.36. The van der Waals surface area contributed by atoms with Crippen LogP contribution in [0, 0.1) is 11.7 Å². The van der Waals surface area contributed by atoms with Crippen LogP contribution in [0.1, 0.15) is 13.3 Å². The summed E-state index contributed by atoms with van der Waals surface area (Å²) in [6, 6.07) is 3.69. The molecule has 0 aliphatic carbocycles. The van der Waals surface area contributed by atoms with Gasteiger partial charge in [-0.1, -0.05) is 24.6 Å². The number of hydrogen-bond acceptors (Lipinski definition) is 3. The lowest BCUT2D eigenvalue weighted by Gasteiger charge is -2.12. The maximum atomic E-state index is 13.5. The van der Waals surface area contributed by atoms with Gasteiger partial charge < -0.3 is 5.11 Å². The lowest BCUT2D eigenvalue weighted by molar-refractivity contribution is 0.263. The molecule has 0 heterocycles. The molecule has 1 aromatic rings. The monoisotopic (exact) mass is 295 g/mol. The van der Waals surface area contributed by atoms with E-state index in [0.29, 0.717) is 6.42 Å². The second kappa shape index (κ2) is 6.47. The number of sulfonamides is 1. The molecule has 0 saturated heterocycles. The minimum atomic E-state index is -3.97. The van der Waals surface area contributed by atoms with Crippen LogP contribution >= 0.6 is 11.6 Å². The van der Waals surface area contributed by atoms with Gasteiger partial charge in [0.2, 0.25) is 10.0 Å². The second-order valence-electron chi connectivity index (χ2n) is 4.02. The number of halogens is 2. The lowest BCUT2D eigenvalue weighted by Crippen LogP contribution is -2.29. The highest BCUT2D eigenvalue weighted by atomic mass is 35.5. The van der Waals surface area contributed by atoms with Gasteiger partial charge in [0.15, 0.2) is 0 Å². The molecule has 0 bridgehead atoms. The fourth-order valence-corrected chi connectivity index (χ4v) is 3.15. The van der Waals surface area contributed by atoms with Crippen LogP contribution in [0.3, 0.4) is 0 Å². The Bertz CT molecular complexity index is 487. The molecule has 0 aromatic heterocycles. The summed E-state index contributed by atoms with van der Waals surface area (Å²) in [5, 5.41) is 8.56. The molecule has 0 spiro atoms. The molecule has 1 rings (SSSR count). The fraction of sp³-hybridized carbons (Fsp3) is 0.455. The second-order valence-corrected chi connectivity index (χ2v) is 6.13. The van der Waals surface area contributed by atoms with Crippen LogP contribution in [0.5, 0.6) is 0 Å². The molecule has 1 aromatic carbocycles. The number of aliphatic hydroxyl groups excluding tert-OH is 1. The van der Waals surface area contributed by atoms with Crippen LogP contribution in [0.25, 0.3) is 0 Å². The van der Waals surface area contributed by atoms with E-state index in [1.165, 1.54) is 12.1 Å². The molecule has 18 heavy (non-hydrogen) atoms. The van der Waals surface area contributed by atoms with Crippen LogP contribution in [-0.4, -0.2) is 26.7 Å². The first-order valence-corrected chi connectivity index (χ1v) is 7.29. The van der Waals surface area contributed by atoms with Crippen LogP contribution in [-0.2, 0) is 10.0 Å². The van der Waals surface area contributed by atoms with Gasteiger partial charge >= 0.3 is 0 Å². The molecule has 0 fully saturated rings. The van der Waals surface area contributed by atoms with E-state index < -0.39 is 20.7 Å². The summed E-state index contributed by atoms with van der Waals surface area (Å²) in [5.41, 5.74) is 0. The first-order valence-electron chi connectivity index (χ1n) is 5.43. The zero-order chi connectivity index (χ0) is 13.8. The Kier molecular flexibility index (Phi) is 5.52. The number of benzene rings is 1. The van der Waals surface area contributed by atoms with Gasteiger partial charge in [-0.3, -0.25) is 0 Å². The molecule has 4 nitrogen and oxygen atoms in total. The highest BCUT2D eigenvalue weighted by Gasteiger charge is 2.22. The van der Waals surface area contributed by atoms with Gasteiger partial charge in [0.1, 0.15) is 10.7 Å². The van der Waals surface area contributed by atoms with E-state index >= 15 is 0 Å². The summed E-state index contributed by atoms with van der Waals surface area (Å²) in [7, 11) is -3.97. The van der Waals surface area contributed by atoms with Gasteiger partial charge in [-0.05, 0) is 24.5 Å². The van der Waals surface area contributed by atoms with Crippen LogP contribution < -0.4 is 4.72 Å². The van der Waals surface area contributed by atoms with E-state index in [1.54, 1.807) is 6.92 Å². The maximum Gasteiger partial charge on any atom is 0.244 e. The van der Waals surface area contributed by atoms with E-state index in [4.69, 9.17) is 16.7 Å². The van der Waals surface area contributed by atoms with Crippen molar-refractivity contribution in [2.45, 2.75) is 18.2 Å². The van der Waals surface area contributed by atoms with Gasteiger partial charge in [0.05, 0.1) is 5.02 Å². The summed E-state index contributed by atoms with van der Waals surface area (Å²) in [6.45, 7) is 1.87. The predicted octanol–water partition coefficient (Wildman–Crippen LogP) is 1.78. The van der Waals surface area contributed by atoms with E-state index in [0.717, 1.165) is 6.07 Å². The smallest absolute Gasteiger partial charge is 0.244 e. The van der Waals surface area contributed by atoms with Crippen molar-refractivity contribution in [2.24, 2.45) is 5.92 Å². The number of nitrogens with one attached hydrogen (secondary N) is 1. The molecule has 0 saturated carbocycles. The fourth-order valence-electron chi connectivity index (χ4n) is 1.39. The van der Waals surface area contributed by atoms with E-state index in [2.05, 4.69) is 4.72 Å². The Morgan fingerprint density at radius 3 is 2.72 bits per heavy atom. The molecule has 2 N–H and O–H groups in total. The van der Waals surface area contributed by atoms with Crippen molar-refractivity contribution in [1.82, 2.24) is 4.72 Å². The van der Waals surface area contributed by atoms with Crippen LogP contribution in [0.4, 0.5) is 4.39 Å². The average molecular weight is 296 g/mol. The van der Waals surface area contributed by atoms with Crippen molar-refractivity contribution in [3.63, 3.8) is 0 Å². The quantitative estimate of drug-likeness (QED) is 0.840. The maximum absolute atomic E-state index is 13.5. The normalized spacial score (nSPS) is 13.6. The Balaban J connectivity index is 2.87. The zero-order valence-electron chi connectivity index (χ0n) is 9.86. The third-order valence-electron chi connectivity index (χ3n) is 2.43. The lowest BCUT2D eigenvalue weighted by atomic mass is 10.1. The average Bonchev–Trinajstić information content (AvgIpc) is 2.26. The minimum absolute atomic E-state index is 0.0245. The van der Waals surface area contributed by atoms with Gasteiger partial charge in [-0.25, -0.2) is 17.5 Å². The molecule has 0 aliphatic rings. The van der Waals surface area contributed by atoms with Crippen LogP contribution in [0.2, 0.25) is 5.02 Å². The molecule has 102 valence electrons. The van der Waals surface area contributed by atoms with Crippen molar-refractivity contribution >= 4 is 21.6 Å². The summed E-state index contributed by atoms with van der Waals surface area (Å²) < 4.78 is 39.5.